The number of hydrogen-bond acceptors (Lipinski definition) is 5. The van der Waals surface area contributed by atoms with E-state index in [1.807, 2.05) is 19.1 Å². The number of para-hydroxylation sites is 2. The first-order valence-corrected chi connectivity index (χ1v) is 10.2. The van der Waals surface area contributed by atoms with Crippen LogP contribution in [0.3, 0.4) is 0 Å². The van der Waals surface area contributed by atoms with Crippen LogP contribution in [0.5, 0.6) is 5.75 Å². The number of hydrogen-bond donors (Lipinski definition) is 2. The number of aromatic nitrogens is 3. The Hall–Kier alpha value is -3.13. The SMILES string of the molecule is COc1ccccc1NC(=O)c1cn2c(-c3ccc(Cl)cc3Cl)c(CN)c(C)nc2n1. The summed E-state index contributed by atoms with van der Waals surface area (Å²) in [6.45, 7) is 2.09. The molecule has 0 saturated heterocycles. The van der Waals surface area contributed by atoms with Gasteiger partial charge in [-0.15, -0.1) is 0 Å². The lowest BCUT2D eigenvalue weighted by atomic mass is 10.0. The summed E-state index contributed by atoms with van der Waals surface area (Å²) in [6.07, 6.45) is 1.62. The Bertz CT molecular complexity index is 1300. The molecule has 0 aliphatic rings. The molecule has 2 heterocycles. The number of methoxy groups -OCH3 is 1. The third kappa shape index (κ3) is 3.95. The molecule has 2 aromatic carbocycles. The molecule has 2 aromatic heterocycles. The first kappa shape index (κ1) is 21.1. The molecule has 0 fully saturated rings. The second-order valence-electron chi connectivity index (χ2n) is 6.80. The summed E-state index contributed by atoms with van der Waals surface area (Å²) in [5.41, 5.74) is 9.70. The van der Waals surface area contributed by atoms with Crippen LogP contribution in [-0.4, -0.2) is 27.4 Å². The average Bonchev–Trinajstić information content (AvgIpc) is 3.17. The van der Waals surface area contributed by atoms with E-state index in [0.717, 1.165) is 16.8 Å². The lowest BCUT2D eigenvalue weighted by Crippen LogP contribution is -2.13. The number of anilines is 1. The first-order valence-electron chi connectivity index (χ1n) is 9.41. The van der Waals surface area contributed by atoms with Crippen molar-refractivity contribution in [3.05, 3.63) is 75.7 Å². The molecular formula is C22H19Cl2N5O2. The number of nitrogens with two attached hydrogens (primary N) is 1. The van der Waals surface area contributed by atoms with E-state index < -0.39 is 5.91 Å². The smallest absolute Gasteiger partial charge is 0.276 e. The Kier molecular flexibility index (Phi) is 5.82. The number of nitrogens with zero attached hydrogens (tertiary/aromatic N) is 3. The summed E-state index contributed by atoms with van der Waals surface area (Å²) in [6, 6.07) is 12.4. The number of aryl methyl sites for hydroxylation is 1. The van der Waals surface area contributed by atoms with E-state index in [9.17, 15) is 4.79 Å². The standard InChI is InChI=1S/C22H19Cl2N5O2/c1-12-15(10-25)20(14-8-7-13(23)9-16(14)24)29-11-18(28-22(29)26-12)21(30)27-17-5-3-4-6-19(17)31-2/h3-9,11H,10,25H2,1-2H3,(H,27,30). The van der Waals surface area contributed by atoms with Crippen molar-refractivity contribution in [2.24, 2.45) is 5.73 Å². The van der Waals surface area contributed by atoms with Gasteiger partial charge in [0.2, 0.25) is 5.78 Å². The van der Waals surface area contributed by atoms with E-state index in [1.54, 1.807) is 48.0 Å². The van der Waals surface area contributed by atoms with E-state index in [-0.39, 0.29) is 12.2 Å². The summed E-state index contributed by atoms with van der Waals surface area (Å²) in [4.78, 5) is 21.9. The van der Waals surface area contributed by atoms with E-state index >= 15 is 0 Å². The minimum atomic E-state index is -0.393. The fourth-order valence-electron chi connectivity index (χ4n) is 3.41. The maximum Gasteiger partial charge on any atom is 0.276 e. The number of carbonyl (C=O) groups is 1. The van der Waals surface area contributed by atoms with Crippen molar-refractivity contribution < 1.29 is 9.53 Å². The molecule has 158 valence electrons. The maximum absolute atomic E-state index is 12.9. The van der Waals surface area contributed by atoms with E-state index in [4.69, 9.17) is 33.7 Å². The van der Waals surface area contributed by atoms with E-state index in [2.05, 4.69) is 15.3 Å². The molecule has 0 aliphatic heterocycles. The quantitative estimate of drug-likeness (QED) is 0.453. The van der Waals surface area contributed by atoms with Crippen molar-refractivity contribution in [3.8, 4) is 17.0 Å². The van der Waals surface area contributed by atoms with Gasteiger partial charge < -0.3 is 15.8 Å². The summed E-state index contributed by atoms with van der Waals surface area (Å²) >= 11 is 12.6. The molecule has 0 atom stereocenters. The number of carbonyl (C=O) groups excluding carboxylic acids is 1. The number of benzene rings is 2. The van der Waals surface area contributed by atoms with Crippen LogP contribution in [0.4, 0.5) is 5.69 Å². The Balaban J connectivity index is 1.84. The molecule has 1 amide bonds. The predicted octanol–water partition coefficient (Wildman–Crippen LogP) is 4.73. The van der Waals surface area contributed by atoms with Crippen molar-refractivity contribution in [1.82, 2.24) is 14.4 Å². The molecule has 0 saturated carbocycles. The third-order valence-corrected chi connectivity index (χ3v) is 5.44. The molecule has 0 spiro atoms. The summed E-state index contributed by atoms with van der Waals surface area (Å²) in [5.74, 6) is 0.517. The first-order chi connectivity index (χ1) is 14.9. The second-order valence-corrected chi connectivity index (χ2v) is 7.65. The highest BCUT2D eigenvalue weighted by Crippen LogP contribution is 2.34. The predicted molar refractivity (Wildman–Crippen MR) is 122 cm³/mol. The zero-order valence-electron chi connectivity index (χ0n) is 16.8. The number of ether oxygens (including phenoxy) is 1. The van der Waals surface area contributed by atoms with Gasteiger partial charge in [0.05, 0.1) is 23.5 Å². The van der Waals surface area contributed by atoms with Gasteiger partial charge in [-0.3, -0.25) is 9.20 Å². The van der Waals surface area contributed by atoms with Gasteiger partial charge in [-0.25, -0.2) is 9.97 Å². The van der Waals surface area contributed by atoms with Crippen LogP contribution in [0.1, 0.15) is 21.7 Å². The minimum absolute atomic E-state index is 0.193. The highest BCUT2D eigenvalue weighted by Gasteiger charge is 2.20. The highest BCUT2D eigenvalue weighted by molar-refractivity contribution is 6.36. The zero-order chi connectivity index (χ0) is 22.1. The van der Waals surface area contributed by atoms with Gasteiger partial charge in [-0.1, -0.05) is 35.3 Å². The van der Waals surface area contributed by atoms with Gasteiger partial charge in [0.25, 0.3) is 5.91 Å². The highest BCUT2D eigenvalue weighted by atomic mass is 35.5. The van der Waals surface area contributed by atoms with Gasteiger partial charge in [-0.05, 0) is 37.3 Å². The van der Waals surface area contributed by atoms with Crippen molar-refractivity contribution in [2.45, 2.75) is 13.5 Å². The molecule has 3 N–H and O–H groups in total. The Morgan fingerprint density at radius 2 is 1.97 bits per heavy atom. The number of imidazole rings is 1. The molecule has 4 rings (SSSR count). The van der Waals surface area contributed by atoms with Crippen molar-refractivity contribution in [2.75, 3.05) is 12.4 Å². The van der Waals surface area contributed by atoms with Crippen molar-refractivity contribution in [3.63, 3.8) is 0 Å². The van der Waals surface area contributed by atoms with Crippen molar-refractivity contribution >= 4 is 40.6 Å². The summed E-state index contributed by atoms with van der Waals surface area (Å²) < 4.78 is 7.02. The molecule has 0 bridgehead atoms. The molecule has 31 heavy (non-hydrogen) atoms. The zero-order valence-corrected chi connectivity index (χ0v) is 18.3. The summed E-state index contributed by atoms with van der Waals surface area (Å²) in [7, 11) is 1.54. The Morgan fingerprint density at radius 1 is 1.19 bits per heavy atom. The number of fused-ring (bicyclic) bond motifs is 1. The summed E-state index contributed by atoms with van der Waals surface area (Å²) in [5, 5.41) is 3.81. The van der Waals surface area contributed by atoms with Crippen LogP contribution in [0, 0.1) is 6.92 Å². The molecule has 0 aliphatic carbocycles. The monoisotopic (exact) mass is 455 g/mol. The van der Waals surface area contributed by atoms with Crippen LogP contribution in [0.2, 0.25) is 10.0 Å². The van der Waals surface area contributed by atoms with Gasteiger partial charge in [0, 0.05) is 34.6 Å². The van der Waals surface area contributed by atoms with E-state index in [1.165, 1.54) is 0 Å². The third-order valence-electron chi connectivity index (χ3n) is 4.90. The van der Waals surface area contributed by atoms with Gasteiger partial charge in [0.1, 0.15) is 11.4 Å². The molecule has 7 nitrogen and oxygen atoms in total. The largest absolute Gasteiger partial charge is 0.495 e. The Morgan fingerprint density at radius 3 is 2.68 bits per heavy atom. The molecule has 0 unspecified atom stereocenters. The maximum atomic E-state index is 12.9. The molecule has 0 radical (unpaired) electrons. The van der Waals surface area contributed by atoms with Crippen LogP contribution < -0.4 is 15.8 Å². The van der Waals surface area contributed by atoms with Crippen LogP contribution >= 0.6 is 23.2 Å². The van der Waals surface area contributed by atoms with E-state index in [0.29, 0.717) is 33.0 Å². The van der Waals surface area contributed by atoms with Gasteiger partial charge >= 0.3 is 0 Å². The van der Waals surface area contributed by atoms with Crippen LogP contribution in [0.15, 0.2) is 48.7 Å². The topological polar surface area (TPSA) is 94.5 Å². The lowest BCUT2D eigenvalue weighted by Gasteiger charge is -2.14. The number of nitrogens with one attached hydrogen (secondary N) is 1. The fourth-order valence-corrected chi connectivity index (χ4v) is 3.91. The van der Waals surface area contributed by atoms with Gasteiger partial charge in [-0.2, -0.15) is 0 Å². The number of amides is 1. The lowest BCUT2D eigenvalue weighted by molar-refractivity contribution is 0.102. The number of rotatable bonds is 5. The fraction of sp³-hybridized carbons (Fsp3) is 0.136. The number of halogens is 2. The van der Waals surface area contributed by atoms with Crippen LogP contribution in [-0.2, 0) is 6.54 Å². The molecular weight excluding hydrogens is 437 g/mol. The minimum Gasteiger partial charge on any atom is -0.495 e. The average molecular weight is 456 g/mol. The van der Waals surface area contributed by atoms with Crippen molar-refractivity contribution in [1.29, 1.82) is 0 Å². The van der Waals surface area contributed by atoms with Gasteiger partial charge in [0.15, 0.2) is 0 Å². The second kappa shape index (κ2) is 8.55. The molecule has 4 aromatic rings. The normalized spacial score (nSPS) is 11.0. The van der Waals surface area contributed by atoms with Crippen LogP contribution in [0.25, 0.3) is 17.0 Å². The Labute approximate surface area is 188 Å². The molecule has 9 heteroatoms.